The van der Waals surface area contributed by atoms with Crippen molar-refractivity contribution in [1.82, 2.24) is 5.43 Å². The van der Waals surface area contributed by atoms with Crippen molar-refractivity contribution in [3.63, 3.8) is 0 Å². The number of halogens is 1. The Bertz CT molecular complexity index is 618. The topological polar surface area (TPSA) is 38.0 Å². The molecule has 1 unspecified atom stereocenters. The molecule has 0 bridgehead atoms. The summed E-state index contributed by atoms with van der Waals surface area (Å²) >= 11 is 0. The van der Waals surface area contributed by atoms with Gasteiger partial charge in [0.2, 0.25) is 0 Å². The second kappa shape index (κ2) is 5.96. The largest absolute Gasteiger partial charge is 0.271 e. The lowest BCUT2D eigenvalue weighted by Crippen LogP contribution is -2.29. The van der Waals surface area contributed by atoms with Crippen molar-refractivity contribution in [2.75, 3.05) is 0 Å². The first kappa shape index (κ1) is 14.2. The van der Waals surface area contributed by atoms with Gasteiger partial charge in [0, 0.05) is 0 Å². The molecule has 1 saturated carbocycles. The third-order valence-corrected chi connectivity index (χ3v) is 4.56. The summed E-state index contributed by atoms with van der Waals surface area (Å²) in [6, 6.07) is 13.4. The molecular weight excluding hydrogens is 263 g/mol. The van der Waals surface area contributed by atoms with Crippen LogP contribution in [0, 0.1) is 12.7 Å². The number of hydrazine groups is 1. The quantitative estimate of drug-likeness (QED) is 0.659. The predicted molar refractivity (Wildman–Crippen MR) is 83.3 cm³/mol. The Morgan fingerprint density at radius 1 is 1.14 bits per heavy atom. The average molecular weight is 284 g/mol. The summed E-state index contributed by atoms with van der Waals surface area (Å²) in [5.74, 6) is 6.25. The standard InChI is InChI=1S/C18H21FN2/c1-12-11-16(19)9-10-17(12)18(21-20)15-7-5-14(6-8-15)13-3-2-4-13/h5-11,13,18,21H,2-4,20H2,1H3. The molecule has 0 amide bonds. The number of rotatable bonds is 4. The number of nitrogens with two attached hydrogens (primary N) is 1. The van der Waals surface area contributed by atoms with Gasteiger partial charge in [-0.1, -0.05) is 36.8 Å². The van der Waals surface area contributed by atoms with E-state index in [0.29, 0.717) is 0 Å². The fourth-order valence-electron chi connectivity index (χ4n) is 3.03. The van der Waals surface area contributed by atoms with Crippen LogP contribution in [-0.2, 0) is 0 Å². The zero-order valence-corrected chi connectivity index (χ0v) is 12.3. The van der Waals surface area contributed by atoms with Gasteiger partial charge >= 0.3 is 0 Å². The summed E-state index contributed by atoms with van der Waals surface area (Å²) in [6.07, 6.45) is 3.94. The maximum atomic E-state index is 13.3. The minimum Gasteiger partial charge on any atom is -0.271 e. The van der Waals surface area contributed by atoms with Gasteiger partial charge in [0.25, 0.3) is 0 Å². The highest BCUT2D eigenvalue weighted by Gasteiger charge is 2.20. The lowest BCUT2D eigenvalue weighted by atomic mass is 9.79. The van der Waals surface area contributed by atoms with Gasteiger partial charge in [-0.15, -0.1) is 0 Å². The lowest BCUT2D eigenvalue weighted by molar-refractivity contribution is 0.419. The fourth-order valence-corrected chi connectivity index (χ4v) is 3.03. The second-order valence-electron chi connectivity index (χ2n) is 5.90. The van der Waals surface area contributed by atoms with E-state index in [2.05, 4.69) is 29.7 Å². The smallest absolute Gasteiger partial charge is 0.123 e. The predicted octanol–water partition coefficient (Wildman–Crippen LogP) is 3.95. The Morgan fingerprint density at radius 3 is 2.38 bits per heavy atom. The van der Waals surface area contributed by atoms with Crippen LogP contribution in [0.5, 0.6) is 0 Å². The molecule has 0 aromatic heterocycles. The van der Waals surface area contributed by atoms with E-state index >= 15 is 0 Å². The summed E-state index contributed by atoms with van der Waals surface area (Å²) in [5, 5.41) is 0. The fraction of sp³-hybridized carbons (Fsp3) is 0.333. The van der Waals surface area contributed by atoms with Gasteiger partial charge in [0.15, 0.2) is 0 Å². The van der Waals surface area contributed by atoms with E-state index < -0.39 is 0 Å². The van der Waals surface area contributed by atoms with E-state index in [1.807, 2.05) is 6.92 Å². The Hall–Kier alpha value is -1.71. The van der Waals surface area contributed by atoms with Gasteiger partial charge < -0.3 is 0 Å². The molecule has 3 N–H and O–H groups in total. The molecule has 1 aliphatic carbocycles. The highest BCUT2D eigenvalue weighted by molar-refractivity contribution is 5.38. The van der Waals surface area contributed by atoms with Crippen molar-refractivity contribution in [2.24, 2.45) is 5.84 Å². The first-order valence-corrected chi connectivity index (χ1v) is 7.51. The second-order valence-corrected chi connectivity index (χ2v) is 5.90. The van der Waals surface area contributed by atoms with Gasteiger partial charge in [0.1, 0.15) is 5.82 Å². The van der Waals surface area contributed by atoms with E-state index in [4.69, 9.17) is 5.84 Å². The maximum absolute atomic E-state index is 13.3. The van der Waals surface area contributed by atoms with E-state index in [1.54, 1.807) is 12.1 Å². The molecule has 3 heteroatoms. The molecule has 2 aromatic rings. The van der Waals surface area contributed by atoms with Crippen LogP contribution in [0.15, 0.2) is 42.5 Å². The molecule has 110 valence electrons. The van der Waals surface area contributed by atoms with Crippen LogP contribution in [0.1, 0.15) is 53.5 Å². The summed E-state index contributed by atoms with van der Waals surface area (Å²) < 4.78 is 13.3. The molecule has 1 atom stereocenters. The van der Waals surface area contributed by atoms with Gasteiger partial charge in [-0.2, -0.15) is 0 Å². The number of benzene rings is 2. The number of hydrogen-bond acceptors (Lipinski definition) is 2. The SMILES string of the molecule is Cc1cc(F)ccc1C(NN)c1ccc(C2CCC2)cc1. The molecule has 1 aliphatic rings. The molecular formula is C18H21FN2. The van der Waals surface area contributed by atoms with E-state index in [1.165, 1.54) is 30.9 Å². The summed E-state index contributed by atoms with van der Waals surface area (Å²) in [7, 11) is 0. The van der Waals surface area contributed by atoms with Crippen LogP contribution < -0.4 is 11.3 Å². The molecule has 0 aliphatic heterocycles. The summed E-state index contributed by atoms with van der Waals surface area (Å²) in [4.78, 5) is 0. The highest BCUT2D eigenvalue weighted by Crippen LogP contribution is 2.37. The molecule has 0 saturated heterocycles. The Labute approximate surface area is 125 Å². The third kappa shape index (κ3) is 2.85. The normalized spacial score (nSPS) is 16.5. The third-order valence-electron chi connectivity index (χ3n) is 4.56. The number of aryl methyl sites for hydroxylation is 1. The molecule has 2 aromatic carbocycles. The molecule has 1 fully saturated rings. The van der Waals surface area contributed by atoms with Crippen molar-refractivity contribution < 1.29 is 4.39 Å². The van der Waals surface area contributed by atoms with E-state index in [-0.39, 0.29) is 11.9 Å². The summed E-state index contributed by atoms with van der Waals surface area (Å²) in [5.41, 5.74) is 7.28. The van der Waals surface area contributed by atoms with Crippen molar-refractivity contribution in [3.05, 3.63) is 70.5 Å². The zero-order chi connectivity index (χ0) is 14.8. The molecule has 0 radical (unpaired) electrons. The molecule has 3 rings (SSSR count). The zero-order valence-electron chi connectivity index (χ0n) is 12.3. The van der Waals surface area contributed by atoms with Crippen molar-refractivity contribution >= 4 is 0 Å². The first-order valence-electron chi connectivity index (χ1n) is 7.51. The Kier molecular flexibility index (Phi) is 4.04. The van der Waals surface area contributed by atoms with E-state index in [9.17, 15) is 4.39 Å². The molecule has 0 spiro atoms. The average Bonchev–Trinajstić information content (AvgIpc) is 2.42. The van der Waals surface area contributed by atoms with Gasteiger partial charge in [-0.3, -0.25) is 5.84 Å². The highest BCUT2D eigenvalue weighted by atomic mass is 19.1. The van der Waals surface area contributed by atoms with Gasteiger partial charge in [-0.05, 0) is 60.1 Å². The van der Waals surface area contributed by atoms with Crippen LogP contribution in [-0.4, -0.2) is 0 Å². The maximum Gasteiger partial charge on any atom is 0.123 e. The number of hydrogen-bond donors (Lipinski definition) is 2. The van der Waals surface area contributed by atoms with Crippen molar-refractivity contribution in [2.45, 2.75) is 38.1 Å². The van der Waals surface area contributed by atoms with Gasteiger partial charge in [0.05, 0.1) is 6.04 Å². The Morgan fingerprint density at radius 2 is 1.86 bits per heavy atom. The van der Waals surface area contributed by atoms with Crippen LogP contribution in [0.4, 0.5) is 4.39 Å². The van der Waals surface area contributed by atoms with Crippen molar-refractivity contribution in [1.29, 1.82) is 0 Å². The monoisotopic (exact) mass is 284 g/mol. The van der Waals surface area contributed by atoms with Gasteiger partial charge in [-0.25, -0.2) is 9.82 Å². The lowest BCUT2D eigenvalue weighted by Gasteiger charge is -2.26. The minimum atomic E-state index is -0.215. The van der Waals surface area contributed by atoms with Crippen LogP contribution in [0.25, 0.3) is 0 Å². The van der Waals surface area contributed by atoms with E-state index in [0.717, 1.165) is 22.6 Å². The first-order chi connectivity index (χ1) is 10.2. The number of nitrogens with one attached hydrogen (secondary N) is 1. The molecule has 0 heterocycles. The Balaban J connectivity index is 1.88. The van der Waals surface area contributed by atoms with Crippen LogP contribution >= 0.6 is 0 Å². The molecule has 2 nitrogen and oxygen atoms in total. The summed E-state index contributed by atoms with van der Waals surface area (Å²) in [6.45, 7) is 1.91. The van der Waals surface area contributed by atoms with Crippen LogP contribution in [0.2, 0.25) is 0 Å². The molecule has 21 heavy (non-hydrogen) atoms. The minimum absolute atomic E-state index is 0.110. The van der Waals surface area contributed by atoms with Crippen molar-refractivity contribution in [3.8, 4) is 0 Å². The van der Waals surface area contributed by atoms with Crippen LogP contribution in [0.3, 0.4) is 0 Å².